The highest BCUT2D eigenvalue weighted by Crippen LogP contribution is 2.32. The fraction of sp³-hybridized carbons (Fsp3) is 0.0833. The number of ether oxygens (including phenoxy) is 2. The Bertz CT molecular complexity index is 1260. The van der Waals surface area contributed by atoms with Crippen LogP contribution in [0.1, 0.15) is 5.56 Å². The molecule has 6 nitrogen and oxygen atoms in total. The number of anilines is 1. The number of halogens is 1. The lowest BCUT2D eigenvalue weighted by Gasteiger charge is -2.03. The second kappa shape index (κ2) is 9.06. The number of carbonyl (C=O) groups excluding carboxylic acids is 1. The molecule has 0 fully saturated rings. The van der Waals surface area contributed by atoms with Gasteiger partial charge in [-0.2, -0.15) is 0 Å². The van der Waals surface area contributed by atoms with Gasteiger partial charge in [-0.3, -0.25) is 4.79 Å². The van der Waals surface area contributed by atoms with E-state index in [0.717, 1.165) is 27.1 Å². The van der Waals surface area contributed by atoms with E-state index in [-0.39, 0.29) is 5.91 Å². The minimum absolute atomic E-state index is 0.238. The third kappa shape index (κ3) is 4.78. The van der Waals surface area contributed by atoms with Crippen LogP contribution in [0.2, 0.25) is 0 Å². The minimum atomic E-state index is -0.238. The van der Waals surface area contributed by atoms with Crippen LogP contribution in [0.25, 0.3) is 28.6 Å². The molecule has 0 spiro atoms. The maximum Gasteiger partial charge on any atom is 0.248 e. The van der Waals surface area contributed by atoms with Crippen molar-refractivity contribution in [1.82, 2.24) is 4.98 Å². The number of nitrogens with one attached hydrogen (secondary N) is 1. The summed E-state index contributed by atoms with van der Waals surface area (Å²) in [5.41, 5.74) is 3.63. The van der Waals surface area contributed by atoms with Gasteiger partial charge in [-0.15, -0.1) is 0 Å². The van der Waals surface area contributed by atoms with Gasteiger partial charge in [-0.25, -0.2) is 4.98 Å². The highest BCUT2D eigenvalue weighted by molar-refractivity contribution is 9.10. The van der Waals surface area contributed by atoms with Crippen molar-refractivity contribution in [3.8, 4) is 23.0 Å². The molecule has 31 heavy (non-hydrogen) atoms. The Morgan fingerprint density at radius 3 is 2.55 bits per heavy atom. The average molecular weight is 479 g/mol. The summed E-state index contributed by atoms with van der Waals surface area (Å²) in [5, 5.41) is 2.84. The molecule has 1 heterocycles. The molecule has 4 rings (SSSR count). The molecule has 1 amide bonds. The standard InChI is InChI=1S/C24H19BrN2O4/c1-29-18-8-3-15(4-9-18)5-12-23(28)26-17-7-11-22-20(14-17)27-24(31-22)16-6-10-21(30-2)19(25)13-16/h3-14H,1-2H3,(H,26,28). The van der Waals surface area contributed by atoms with E-state index in [9.17, 15) is 4.79 Å². The SMILES string of the molecule is COc1ccc(C=CC(=O)Nc2ccc3oc(-c4ccc(OC)c(Br)c4)nc3c2)cc1. The Balaban J connectivity index is 1.49. The summed E-state index contributed by atoms with van der Waals surface area (Å²) in [6.45, 7) is 0. The maximum atomic E-state index is 12.3. The van der Waals surface area contributed by atoms with E-state index < -0.39 is 0 Å². The van der Waals surface area contributed by atoms with Crippen LogP contribution in [0.4, 0.5) is 5.69 Å². The molecule has 3 aromatic carbocycles. The van der Waals surface area contributed by atoms with Gasteiger partial charge in [0.05, 0.1) is 18.7 Å². The molecule has 0 saturated carbocycles. The number of carbonyl (C=O) groups is 1. The smallest absolute Gasteiger partial charge is 0.248 e. The molecule has 4 aromatic rings. The van der Waals surface area contributed by atoms with Gasteiger partial charge in [-0.1, -0.05) is 12.1 Å². The van der Waals surface area contributed by atoms with Crippen LogP contribution in [0, 0.1) is 0 Å². The molecule has 7 heteroatoms. The zero-order valence-corrected chi connectivity index (χ0v) is 18.5. The third-order valence-corrected chi connectivity index (χ3v) is 5.22. The van der Waals surface area contributed by atoms with E-state index in [1.54, 1.807) is 38.5 Å². The van der Waals surface area contributed by atoms with Gasteiger partial charge in [0, 0.05) is 17.3 Å². The summed E-state index contributed by atoms with van der Waals surface area (Å²) in [7, 11) is 3.23. The molecule has 1 N–H and O–H groups in total. The van der Waals surface area contributed by atoms with Gasteiger partial charge in [0.25, 0.3) is 0 Å². The Morgan fingerprint density at radius 1 is 1.03 bits per heavy atom. The summed E-state index contributed by atoms with van der Waals surface area (Å²) < 4.78 is 17.1. The fourth-order valence-electron chi connectivity index (χ4n) is 3.00. The van der Waals surface area contributed by atoms with Crippen LogP contribution in [-0.4, -0.2) is 25.1 Å². The topological polar surface area (TPSA) is 73.6 Å². The fourth-order valence-corrected chi connectivity index (χ4v) is 3.54. The van der Waals surface area contributed by atoms with Crippen LogP contribution in [0.3, 0.4) is 0 Å². The first-order valence-corrected chi connectivity index (χ1v) is 10.2. The highest BCUT2D eigenvalue weighted by Gasteiger charge is 2.11. The molecular formula is C24H19BrN2O4. The molecule has 0 aliphatic rings. The largest absolute Gasteiger partial charge is 0.497 e. The molecule has 0 saturated heterocycles. The van der Waals surface area contributed by atoms with Gasteiger partial charge < -0.3 is 19.2 Å². The van der Waals surface area contributed by atoms with Crippen LogP contribution in [0.15, 0.2) is 75.6 Å². The quantitative estimate of drug-likeness (QED) is 0.347. The maximum absolute atomic E-state index is 12.3. The van der Waals surface area contributed by atoms with Crippen molar-refractivity contribution in [2.45, 2.75) is 0 Å². The average Bonchev–Trinajstić information content (AvgIpc) is 3.21. The molecule has 0 radical (unpaired) electrons. The van der Waals surface area contributed by atoms with Crippen molar-refractivity contribution in [2.24, 2.45) is 0 Å². The molecule has 1 aromatic heterocycles. The van der Waals surface area contributed by atoms with Gasteiger partial charge in [-0.05, 0) is 76.1 Å². The number of amides is 1. The molecule has 0 aliphatic carbocycles. The molecule has 0 bridgehead atoms. The Hall–Kier alpha value is -3.58. The van der Waals surface area contributed by atoms with Crippen LogP contribution >= 0.6 is 15.9 Å². The van der Waals surface area contributed by atoms with Crippen LogP contribution < -0.4 is 14.8 Å². The molecule has 0 atom stereocenters. The third-order valence-electron chi connectivity index (χ3n) is 4.60. The number of fused-ring (bicyclic) bond motifs is 1. The predicted molar refractivity (Wildman–Crippen MR) is 124 cm³/mol. The number of hydrogen-bond acceptors (Lipinski definition) is 5. The first kappa shape index (κ1) is 20.7. The van der Waals surface area contributed by atoms with Crippen molar-refractivity contribution in [3.63, 3.8) is 0 Å². The van der Waals surface area contributed by atoms with E-state index in [2.05, 4.69) is 26.2 Å². The van der Waals surface area contributed by atoms with E-state index in [1.807, 2.05) is 42.5 Å². The van der Waals surface area contributed by atoms with Crippen LogP contribution in [-0.2, 0) is 4.79 Å². The number of methoxy groups -OCH3 is 2. The van der Waals surface area contributed by atoms with Crippen molar-refractivity contribution in [1.29, 1.82) is 0 Å². The lowest BCUT2D eigenvalue weighted by molar-refractivity contribution is -0.111. The number of oxazole rings is 1. The second-order valence-electron chi connectivity index (χ2n) is 6.65. The molecular weight excluding hydrogens is 460 g/mol. The number of aromatic nitrogens is 1. The van der Waals surface area contributed by atoms with Crippen molar-refractivity contribution in [2.75, 3.05) is 19.5 Å². The summed E-state index contributed by atoms with van der Waals surface area (Å²) in [6.07, 6.45) is 3.22. The van der Waals surface area contributed by atoms with E-state index in [1.165, 1.54) is 6.08 Å². The lowest BCUT2D eigenvalue weighted by Crippen LogP contribution is -2.07. The monoisotopic (exact) mass is 478 g/mol. The Labute approximate surface area is 187 Å². The van der Waals surface area contributed by atoms with E-state index in [4.69, 9.17) is 13.9 Å². The van der Waals surface area contributed by atoms with Gasteiger partial charge >= 0.3 is 0 Å². The zero-order valence-electron chi connectivity index (χ0n) is 16.9. The van der Waals surface area contributed by atoms with Crippen molar-refractivity contribution in [3.05, 3.63) is 76.8 Å². The Kier molecular flexibility index (Phi) is 6.04. The number of nitrogens with zero attached hydrogens (tertiary/aromatic N) is 1. The van der Waals surface area contributed by atoms with Crippen molar-refractivity contribution < 1.29 is 18.7 Å². The van der Waals surface area contributed by atoms with Gasteiger partial charge in [0.1, 0.15) is 17.0 Å². The van der Waals surface area contributed by atoms with Crippen molar-refractivity contribution >= 4 is 44.7 Å². The summed E-state index contributed by atoms with van der Waals surface area (Å²) in [5.74, 6) is 1.75. The minimum Gasteiger partial charge on any atom is -0.497 e. The predicted octanol–water partition coefficient (Wildman–Crippen LogP) is 5.93. The Morgan fingerprint density at radius 2 is 1.84 bits per heavy atom. The number of hydrogen-bond donors (Lipinski definition) is 1. The zero-order chi connectivity index (χ0) is 21.8. The summed E-state index contributed by atoms with van der Waals surface area (Å²) in [4.78, 5) is 16.8. The molecule has 0 aliphatic heterocycles. The molecule has 0 unspecified atom stereocenters. The van der Waals surface area contributed by atoms with Crippen LogP contribution in [0.5, 0.6) is 11.5 Å². The number of benzene rings is 3. The van der Waals surface area contributed by atoms with E-state index >= 15 is 0 Å². The van der Waals surface area contributed by atoms with E-state index in [0.29, 0.717) is 22.7 Å². The number of rotatable bonds is 6. The first-order chi connectivity index (χ1) is 15.1. The normalized spacial score (nSPS) is 11.1. The van der Waals surface area contributed by atoms with Gasteiger partial charge in [0.15, 0.2) is 5.58 Å². The summed E-state index contributed by atoms with van der Waals surface area (Å²) in [6, 6.07) is 18.4. The molecule has 156 valence electrons. The first-order valence-electron chi connectivity index (χ1n) is 9.43. The second-order valence-corrected chi connectivity index (χ2v) is 7.50. The lowest BCUT2D eigenvalue weighted by atomic mass is 10.2. The van der Waals surface area contributed by atoms with Gasteiger partial charge in [0.2, 0.25) is 11.8 Å². The summed E-state index contributed by atoms with van der Waals surface area (Å²) >= 11 is 3.47. The highest BCUT2D eigenvalue weighted by atomic mass is 79.9.